The number of urea groups is 1. The molecule has 0 bridgehead atoms. The van der Waals surface area contributed by atoms with E-state index in [9.17, 15) is 33.9 Å². The summed E-state index contributed by atoms with van der Waals surface area (Å²) in [5, 5.41) is 31.8. The summed E-state index contributed by atoms with van der Waals surface area (Å²) in [5.74, 6) is 1.02. The molecule has 23 heteroatoms. The van der Waals surface area contributed by atoms with E-state index in [0.29, 0.717) is 38.5 Å². The van der Waals surface area contributed by atoms with Crippen molar-refractivity contribution in [2.75, 3.05) is 14.1 Å². The first-order chi connectivity index (χ1) is 36.8. The molecule has 2 saturated heterocycles. The van der Waals surface area contributed by atoms with Gasteiger partial charge in [0.2, 0.25) is 33.3 Å². The fraction of sp³-hybridized carbons (Fsp3) is 0.482. The second kappa shape index (κ2) is 34.4. The van der Waals surface area contributed by atoms with Crippen LogP contribution in [-0.2, 0) is 50.0 Å². The van der Waals surface area contributed by atoms with Crippen molar-refractivity contribution in [3.8, 4) is 23.6 Å². The van der Waals surface area contributed by atoms with Gasteiger partial charge in [0.15, 0.2) is 25.2 Å². The number of aryl methyl sites for hydroxylation is 2. The van der Waals surface area contributed by atoms with Gasteiger partial charge in [-0.05, 0) is 90.0 Å². The van der Waals surface area contributed by atoms with Crippen molar-refractivity contribution in [3.63, 3.8) is 0 Å². The van der Waals surface area contributed by atoms with E-state index < -0.39 is 43.3 Å². The zero-order valence-corrected chi connectivity index (χ0v) is 51.3. The van der Waals surface area contributed by atoms with Gasteiger partial charge < -0.3 is 38.8 Å². The zero-order valence-electron chi connectivity index (χ0n) is 46.7. The number of terminal acetylenes is 1. The third-order valence-corrected chi connectivity index (χ3v) is 14.2. The molecular weight excluding hydrogens is 1170 g/mol. The third kappa shape index (κ3) is 24.4. The summed E-state index contributed by atoms with van der Waals surface area (Å²) in [6, 6.07) is 21.2. The highest BCUT2D eigenvalue weighted by molar-refractivity contribution is 9.10. The molecule has 436 valence electrons. The number of alkyl halides is 4. The molecule has 0 spiro atoms. The number of likely N-dealkylation sites (N-methyl/N-ethyl adjacent to an activating group) is 1. The standard InChI is InChI=1S/C19H21N3O.C13H15NO2.C9H15BrN2O3.C7H9ClO.C6H12O3.C2H3Cl3O2/c1-13-5-8-15(9-6-13)19-16(11-18(23)21(3)4)22-12-14(2)7-10-17(22)20-19;1-2-13(10-6-4-3-5-7-10)9-8-11(15)14-12(13)16;1-4-9(10,5-2)7(14)12-8(15)11-6(3)13;1-3-7(9,4-2)5-6-8;1-4-7-5(2)9-6(3)8-4;3-2(4,5)1(6)7/h5-10,12H,11H2,1-4H3;3-7H,2,8-9H2,1H3,(H,14,15,16);4-5H2,1-3H3,(H2,11,12,13,14,15);1,5-6,9H,4H2,2H3;4-6H,1-3H3;1,6-7H/b;;;6-5+;;. The smallest absolute Gasteiger partial charge is 0.328 e. The first kappa shape index (κ1) is 72.1. The molecule has 2 atom stereocenters. The number of halogens is 5. The predicted octanol–water partition coefficient (Wildman–Crippen LogP) is 9.60. The number of nitrogens with zero attached hydrogens (tertiary/aromatic N) is 3. The molecule has 0 aliphatic carbocycles. The Morgan fingerprint density at radius 1 is 0.899 bits per heavy atom. The summed E-state index contributed by atoms with van der Waals surface area (Å²) in [4.78, 5) is 75.0. The van der Waals surface area contributed by atoms with Gasteiger partial charge in [0.25, 0.3) is 0 Å². The average Bonchev–Trinajstić information content (AvgIpc) is 3.79. The normalized spacial score (nSPS) is 18.6. The maximum Gasteiger partial charge on any atom is 0.328 e. The topological polar surface area (TPSA) is 247 Å². The van der Waals surface area contributed by atoms with Crippen molar-refractivity contribution in [2.24, 2.45) is 0 Å². The number of piperidine rings is 1. The van der Waals surface area contributed by atoms with Gasteiger partial charge in [-0.25, -0.2) is 9.78 Å². The maximum absolute atomic E-state index is 12.3. The van der Waals surface area contributed by atoms with Crippen LogP contribution in [0.1, 0.15) is 116 Å². The van der Waals surface area contributed by atoms with Gasteiger partial charge in [-0.2, -0.15) is 0 Å². The Labute approximate surface area is 492 Å². The molecular formula is C56H75BrCl4N6O12. The number of rotatable bonds is 10. The second-order valence-electron chi connectivity index (χ2n) is 18.2. The Bertz CT molecular complexity index is 2650. The summed E-state index contributed by atoms with van der Waals surface area (Å²) in [6.45, 7) is 18.3. The fourth-order valence-electron chi connectivity index (χ4n) is 7.19. The number of imide groups is 3. The summed E-state index contributed by atoms with van der Waals surface area (Å²) in [5.41, 5.74) is 6.63. The number of nitrogens with one attached hydrogen (secondary N) is 3. The molecule has 2 fully saturated rings. The lowest BCUT2D eigenvalue weighted by Gasteiger charge is -2.34. The molecule has 4 heterocycles. The van der Waals surface area contributed by atoms with Crippen LogP contribution in [-0.4, -0.2) is 118 Å². The number of amides is 7. The van der Waals surface area contributed by atoms with Crippen molar-refractivity contribution < 1.29 is 58.3 Å². The van der Waals surface area contributed by atoms with Gasteiger partial charge in [-0.1, -0.05) is 162 Å². The lowest BCUT2D eigenvalue weighted by Crippen LogP contribution is -2.51. The highest BCUT2D eigenvalue weighted by Gasteiger charge is 2.42. The minimum Gasteiger partial charge on any atom is -0.374 e. The minimum atomic E-state index is -1.97. The minimum absolute atomic E-state index is 0.0710. The summed E-state index contributed by atoms with van der Waals surface area (Å²) < 4.78 is 14.6. The van der Waals surface area contributed by atoms with Crippen molar-refractivity contribution in [3.05, 3.63) is 107 Å². The van der Waals surface area contributed by atoms with Gasteiger partial charge in [-0.15, -0.1) is 6.42 Å². The Morgan fingerprint density at radius 2 is 1.42 bits per heavy atom. The van der Waals surface area contributed by atoms with Gasteiger partial charge in [0.1, 0.15) is 15.6 Å². The molecule has 6 N–H and O–H groups in total. The van der Waals surface area contributed by atoms with Crippen LogP contribution in [0, 0.1) is 26.2 Å². The summed E-state index contributed by atoms with van der Waals surface area (Å²) >= 11 is 23.2. The monoisotopic (exact) mass is 1240 g/mol. The van der Waals surface area contributed by atoms with Crippen LogP contribution in [0.5, 0.6) is 0 Å². The molecule has 2 aliphatic heterocycles. The lowest BCUT2D eigenvalue weighted by atomic mass is 9.72. The molecule has 2 aromatic heterocycles. The predicted molar refractivity (Wildman–Crippen MR) is 312 cm³/mol. The van der Waals surface area contributed by atoms with Crippen LogP contribution in [0.2, 0.25) is 0 Å². The number of carbonyl (C=O) groups is 6. The number of carbonyl (C=O) groups excluding carboxylic acids is 6. The first-order valence-electron chi connectivity index (χ1n) is 25.1. The van der Waals surface area contributed by atoms with E-state index in [0.717, 1.165) is 40.1 Å². The SMILES string of the molecule is C#CC(O)(/C=C/Cl)CC.CC1OC(C)OC(C)O1.CCC(Br)(CC)C(=O)NC(=O)NC(C)=O.CCC1(c2ccccc2)CCC(=O)NC1=O.Cc1ccc(-c2nc3ccc(C)cn3c2CC(=O)N(C)C)cc1.OC(O)C(Cl)(Cl)Cl. The summed E-state index contributed by atoms with van der Waals surface area (Å²) in [7, 11) is 3.56. The molecule has 0 saturated carbocycles. The van der Waals surface area contributed by atoms with E-state index in [4.69, 9.17) is 82.2 Å². The van der Waals surface area contributed by atoms with Crippen LogP contribution in [0.15, 0.2) is 84.5 Å². The summed E-state index contributed by atoms with van der Waals surface area (Å²) in [6.07, 6.45) is 9.79. The molecule has 2 aliphatic rings. The second-order valence-corrected chi connectivity index (χ2v) is 22.4. The number of aliphatic hydroxyl groups excluding tert-OH is 1. The Morgan fingerprint density at radius 3 is 1.82 bits per heavy atom. The van der Waals surface area contributed by atoms with Crippen molar-refractivity contribution in [1.29, 1.82) is 0 Å². The van der Waals surface area contributed by atoms with Gasteiger partial charge >= 0.3 is 6.03 Å². The number of imidazole rings is 1. The van der Waals surface area contributed by atoms with Crippen molar-refractivity contribution >= 4 is 104 Å². The molecule has 2 aromatic carbocycles. The van der Waals surface area contributed by atoms with Crippen molar-refractivity contribution in [2.45, 2.75) is 158 Å². The molecule has 4 aromatic rings. The average molecular weight is 1250 g/mol. The van der Waals surface area contributed by atoms with Crippen LogP contribution >= 0.6 is 62.3 Å². The third-order valence-electron chi connectivity index (χ3n) is 12.0. The first-order valence-corrected chi connectivity index (χ1v) is 27.5. The van der Waals surface area contributed by atoms with Crippen LogP contribution in [0.3, 0.4) is 0 Å². The van der Waals surface area contributed by atoms with E-state index in [1.165, 1.54) is 24.1 Å². The van der Waals surface area contributed by atoms with Gasteiger partial charge in [0.05, 0.1) is 23.2 Å². The van der Waals surface area contributed by atoms with E-state index in [1.54, 1.807) is 25.9 Å². The fourth-order valence-corrected chi connectivity index (χ4v) is 7.50. The molecule has 79 heavy (non-hydrogen) atoms. The van der Waals surface area contributed by atoms with Crippen LogP contribution in [0.4, 0.5) is 4.79 Å². The van der Waals surface area contributed by atoms with Crippen LogP contribution in [0.25, 0.3) is 16.9 Å². The Hall–Kier alpha value is -4.95. The molecule has 0 radical (unpaired) electrons. The number of fused-ring (bicyclic) bond motifs is 1. The number of aliphatic hydroxyl groups is 3. The lowest BCUT2D eigenvalue weighted by molar-refractivity contribution is -0.367. The zero-order chi connectivity index (χ0) is 60.5. The number of pyridine rings is 1. The van der Waals surface area contributed by atoms with Gasteiger partial charge in [0, 0.05) is 44.7 Å². The van der Waals surface area contributed by atoms with E-state index in [2.05, 4.69) is 63.7 Å². The highest BCUT2D eigenvalue weighted by atomic mass is 79.9. The molecule has 7 amide bonds. The highest BCUT2D eigenvalue weighted by Crippen LogP contribution is 2.36. The Balaban J connectivity index is 0.000000498. The van der Waals surface area contributed by atoms with E-state index in [1.807, 2.05) is 107 Å². The maximum atomic E-state index is 12.3. The van der Waals surface area contributed by atoms with E-state index in [-0.39, 0.29) is 36.6 Å². The molecule has 2 unspecified atom stereocenters. The number of hydrogen-bond donors (Lipinski definition) is 6. The molecule has 18 nitrogen and oxygen atoms in total. The largest absolute Gasteiger partial charge is 0.374 e. The Kier molecular flexibility index (Phi) is 31.3. The van der Waals surface area contributed by atoms with Crippen LogP contribution < -0.4 is 16.0 Å². The quantitative estimate of drug-likeness (QED) is 0.0375. The number of ether oxygens (including phenoxy) is 3. The number of aromatic nitrogens is 2. The van der Waals surface area contributed by atoms with Gasteiger partial charge in [-0.3, -0.25) is 39.9 Å². The van der Waals surface area contributed by atoms with Crippen molar-refractivity contribution in [1.82, 2.24) is 30.2 Å². The molecule has 6 rings (SSSR count). The number of hydrogen-bond acceptors (Lipinski definition) is 13. The van der Waals surface area contributed by atoms with E-state index >= 15 is 0 Å². The number of benzene rings is 2.